The molecule has 0 amide bonds. The van der Waals surface area contributed by atoms with Crippen molar-refractivity contribution in [1.29, 1.82) is 0 Å². The number of carboxylic acid groups (broad SMARTS) is 1. The van der Waals surface area contributed by atoms with Gasteiger partial charge in [0, 0.05) is 17.8 Å². The highest BCUT2D eigenvalue weighted by Gasteiger charge is 2.10. The van der Waals surface area contributed by atoms with E-state index < -0.39 is 5.97 Å². The van der Waals surface area contributed by atoms with Gasteiger partial charge in [-0.05, 0) is 44.5 Å². The maximum Gasteiger partial charge on any atom is 0.336 e. The molecule has 0 saturated carbocycles. The number of para-hydroxylation sites is 1. The highest BCUT2D eigenvalue weighted by molar-refractivity contribution is 5.91. The number of hydrogen-bond acceptors (Lipinski definition) is 3. The molecule has 0 aromatic heterocycles. The maximum atomic E-state index is 11.2. The van der Waals surface area contributed by atoms with Gasteiger partial charge in [-0.3, -0.25) is 0 Å². The van der Waals surface area contributed by atoms with Gasteiger partial charge in [-0.1, -0.05) is 24.3 Å². The van der Waals surface area contributed by atoms with Crippen molar-refractivity contribution >= 4 is 11.7 Å². The first-order valence-electron chi connectivity index (χ1n) is 7.30. The predicted octanol–water partition coefficient (Wildman–Crippen LogP) is 4.09. The van der Waals surface area contributed by atoms with Crippen LogP contribution in [0, 0.1) is 6.92 Å². The Balaban J connectivity index is 2.17. The van der Waals surface area contributed by atoms with Crippen molar-refractivity contribution in [2.24, 2.45) is 0 Å². The van der Waals surface area contributed by atoms with Gasteiger partial charge in [0.2, 0.25) is 0 Å². The number of benzene rings is 2. The molecule has 0 spiro atoms. The summed E-state index contributed by atoms with van der Waals surface area (Å²) in [6.45, 7) is 6.37. The molecule has 0 unspecified atom stereocenters. The number of hydrogen-bond donors (Lipinski definition) is 2. The Morgan fingerprint density at radius 3 is 2.59 bits per heavy atom. The minimum Gasteiger partial charge on any atom is -0.491 e. The fourth-order valence-electron chi connectivity index (χ4n) is 2.27. The number of rotatable bonds is 6. The van der Waals surface area contributed by atoms with E-state index in [1.54, 1.807) is 12.1 Å². The molecule has 0 aliphatic carbocycles. The number of aromatic carboxylic acids is 1. The molecule has 0 aliphatic heterocycles. The normalized spacial score (nSPS) is 10.5. The molecule has 0 bridgehead atoms. The summed E-state index contributed by atoms with van der Waals surface area (Å²) in [4.78, 5) is 11.2. The van der Waals surface area contributed by atoms with Crippen LogP contribution in [0.2, 0.25) is 0 Å². The van der Waals surface area contributed by atoms with Gasteiger partial charge in [0.05, 0.1) is 11.7 Å². The van der Waals surface area contributed by atoms with E-state index in [0.717, 1.165) is 22.6 Å². The molecule has 0 aliphatic rings. The largest absolute Gasteiger partial charge is 0.491 e. The summed E-state index contributed by atoms with van der Waals surface area (Å²) in [6, 6.07) is 13.1. The van der Waals surface area contributed by atoms with E-state index in [-0.39, 0.29) is 6.10 Å². The Bertz CT molecular complexity index is 665. The standard InChI is InChI=1S/C18H21NO3/c1-12(2)22-17-10-5-4-7-14(17)11-19-16-9-6-8-15(13(16)3)18(20)21/h4-10,12,19H,11H2,1-3H3,(H,20,21). The summed E-state index contributed by atoms with van der Waals surface area (Å²) in [6.07, 6.45) is 0.109. The van der Waals surface area contributed by atoms with Crippen molar-refractivity contribution < 1.29 is 14.6 Å². The van der Waals surface area contributed by atoms with E-state index in [1.165, 1.54) is 0 Å². The molecule has 2 aromatic carbocycles. The van der Waals surface area contributed by atoms with Gasteiger partial charge in [0.25, 0.3) is 0 Å². The second kappa shape index (κ2) is 6.98. The first kappa shape index (κ1) is 15.9. The third-order valence-corrected chi connectivity index (χ3v) is 3.37. The molecular weight excluding hydrogens is 278 g/mol. The smallest absolute Gasteiger partial charge is 0.336 e. The van der Waals surface area contributed by atoms with Gasteiger partial charge in [0.15, 0.2) is 0 Å². The van der Waals surface area contributed by atoms with Gasteiger partial charge >= 0.3 is 5.97 Å². The fraction of sp³-hybridized carbons (Fsp3) is 0.278. The molecular formula is C18H21NO3. The highest BCUT2D eigenvalue weighted by atomic mass is 16.5. The van der Waals surface area contributed by atoms with Crippen LogP contribution in [0.15, 0.2) is 42.5 Å². The molecule has 4 nitrogen and oxygen atoms in total. The van der Waals surface area contributed by atoms with E-state index in [2.05, 4.69) is 5.32 Å². The third-order valence-electron chi connectivity index (χ3n) is 3.37. The van der Waals surface area contributed by atoms with Gasteiger partial charge < -0.3 is 15.2 Å². The van der Waals surface area contributed by atoms with Crippen molar-refractivity contribution in [3.05, 3.63) is 59.2 Å². The number of anilines is 1. The first-order chi connectivity index (χ1) is 10.5. The Hall–Kier alpha value is -2.49. The van der Waals surface area contributed by atoms with Crippen LogP contribution in [-0.2, 0) is 6.54 Å². The number of carboxylic acids is 1. The van der Waals surface area contributed by atoms with Crippen molar-refractivity contribution in [3.8, 4) is 5.75 Å². The van der Waals surface area contributed by atoms with Crippen LogP contribution in [0.5, 0.6) is 5.75 Å². The Kier molecular flexibility index (Phi) is 5.04. The summed E-state index contributed by atoms with van der Waals surface area (Å²) in [5.74, 6) is -0.0678. The van der Waals surface area contributed by atoms with Crippen LogP contribution in [0.25, 0.3) is 0 Å². The molecule has 0 saturated heterocycles. The van der Waals surface area contributed by atoms with E-state index in [9.17, 15) is 9.90 Å². The summed E-state index contributed by atoms with van der Waals surface area (Å²) in [7, 11) is 0. The summed E-state index contributed by atoms with van der Waals surface area (Å²) in [5, 5.41) is 12.5. The molecule has 22 heavy (non-hydrogen) atoms. The van der Waals surface area contributed by atoms with Crippen LogP contribution in [0.4, 0.5) is 5.69 Å². The summed E-state index contributed by atoms with van der Waals surface area (Å²) in [5.41, 5.74) is 2.91. The predicted molar refractivity (Wildman–Crippen MR) is 87.7 cm³/mol. The van der Waals surface area contributed by atoms with Gasteiger partial charge in [-0.25, -0.2) is 4.79 Å². The van der Waals surface area contributed by atoms with Crippen molar-refractivity contribution in [2.75, 3.05) is 5.32 Å². The van der Waals surface area contributed by atoms with Crippen molar-refractivity contribution in [2.45, 2.75) is 33.4 Å². The monoisotopic (exact) mass is 299 g/mol. The zero-order valence-corrected chi connectivity index (χ0v) is 13.1. The van der Waals surface area contributed by atoms with E-state index in [0.29, 0.717) is 12.1 Å². The Labute approximate surface area is 130 Å². The summed E-state index contributed by atoms with van der Waals surface area (Å²) < 4.78 is 5.79. The lowest BCUT2D eigenvalue weighted by molar-refractivity contribution is 0.0696. The van der Waals surface area contributed by atoms with E-state index >= 15 is 0 Å². The maximum absolute atomic E-state index is 11.2. The first-order valence-corrected chi connectivity index (χ1v) is 7.30. The van der Waals surface area contributed by atoms with Crippen molar-refractivity contribution in [1.82, 2.24) is 0 Å². The Morgan fingerprint density at radius 2 is 1.91 bits per heavy atom. The third kappa shape index (κ3) is 3.79. The number of nitrogens with one attached hydrogen (secondary N) is 1. The number of ether oxygens (including phenoxy) is 1. The molecule has 4 heteroatoms. The highest BCUT2D eigenvalue weighted by Crippen LogP contribution is 2.23. The quantitative estimate of drug-likeness (QED) is 0.843. The second-order valence-corrected chi connectivity index (χ2v) is 5.41. The molecule has 0 atom stereocenters. The molecule has 0 radical (unpaired) electrons. The van der Waals surface area contributed by atoms with Gasteiger partial charge in [-0.15, -0.1) is 0 Å². The minimum atomic E-state index is -0.912. The van der Waals surface area contributed by atoms with Gasteiger partial charge in [0.1, 0.15) is 5.75 Å². The second-order valence-electron chi connectivity index (χ2n) is 5.41. The SMILES string of the molecule is Cc1c(NCc2ccccc2OC(C)C)cccc1C(=O)O. The van der Waals surface area contributed by atoms with Crippen LogP contribution in [0.3, 0.4) is 0 Å². The van der Waals surface area contributed by atoms with Crippen LogP contribution >= 0.6 is 0 Å². The lowest BCUT2D eigenvalue weighted by Crippen LogP contribution is -2.10. The van der Waals surface area contributed by atoms with E-state index in [1.807, 2.05) is 51.1 Å². The molecule has 2 rings (SSSR count). The average molecular weight is 299 g/mol. The van der Waals surface area contributed by atoms with Crippen molar-refractivity contribution in [3.63, 3.8) is 0 Å². The molecule has 2 aromatic rings. The average Bonchev–Trinajstić information content (AvgIpc) is 2.46. The topological polar surface area (TPSA) is 58.6 Å². The minimum absolute atomic E-state index is 0.109. The lowest BCUT2D eigenvalue weighted by atomic mass is 10.1. The fourth-order valence-corrected chi connectivity index (χ4v) is 2.27. The molecule has 2 N–H and O–H groups in total. The molecule has 0 heterocycles. The molecule has 116 valence electrons. The molecule has 0 fully saturated rings. The summed E-state index contributed by atoms with van der Waals surface area (Å²) >= 11 is 0. The van der Waals surface area contributed by atoms with Crippen LogP contribution < -0.4 is 10.1 Å². The van der Waals surface area contributed by atoms with Crippen LogP contribution in [-0.4, -0.2) is 17.2 Å². The zero-order chi connectivity index (χ0) is 16.1. The number of carbonyl (C=O) groups is 1. The van der Waals surface area contributed by atoms with Crippen LogP contribution in [0.1, 0.15) is 35.3 Å². The Morgan fingerprint density at radius 1 is 1.18 bits per heavy atom. The van der Waals surface area contributed by atoms with E-state index in [4.69, 9.17) is 4.74 Å². The lowest BCUT2D eigenvalue weighted by Gasteiger charge is -2.16. The zero-order valence-electron chi connectivity index (χ0n) is 13.1. The van der Waals surface area contributed by atoms with Gasteiger partial charge in [-0.2, -0.15) is 0 Å².